The molecule has 0 amide bonds. The van der Waals surface area contributed by atoms with E-state index in [1.807, 2.05) is 17.0 Å². The van der Waals surface area contributed by atoms with Crippen molar-refractivity contribution in [1.82, 2.24) is 15.2 Å². The number of halogens is 2. The van der Waals surface area contributed by atoms with Crippen LogP contribution in [0.15, 0.2) is 24.4 Å². The second-order valence-electron chi connectivity index (χ2n) is 6.28. The molecule has 2 fully saturated rings. The average Bonchev–Trinajstić information content (AvgIpc) is 2.69. The van der Waals surface area contributed by atoms with Crippen molar-refractivity contribution in [3.8, 4) is 0 Å². The summed E-state index contributed by atoms with van der Waals surface area (Å²) in [5.41, 5.74) is 0. The molecular formula is C17H20ClFN6O. The van der Waals surface area contributed by atoms with Crippen LogP contribution in [0.5, 0.6) is 0 Å². The van der Waals surface area contributed by atoms with Crippen molar-refractivity contribution in [1.29, 1.82) is 0 Å². The molecule has 0 radical (unpaired) electrons. The summed E-state index contributed by atoms with van der Waals surface area (Å²) in [6.45, 7) is 5.92. The van der Waals surface area contributed by atoms with Gasteiger partial charge in [-0.05, 0) is 18.2 Å². The Morgan fingerprint density at radius 2 is 1.46 bits per heavy atom. The van der Waals surface area contributed by atoms with Gasteiger partial charge in [-0.1, -0.05) is 11.6 Å². The Bertz CT molecular complexity index is 747. The number of piperazine rings is 1. The van der Waals surface area contributed by atoms with E-state index in [1.165, 1.54) is 12.3 Å². The van der Waals surface area contributed by atoms with Crippen molar-refractivity contribution in [2.24, 2.45) is 0 Å². The van der Waals surface area contributed by atoms with Gasteiger partial charge in [-0.3, -0.25) is 0 Å². The number of rotatable bonds is 3. The summed E-state index contributed by atoms with van der Waals surface area (Å²) in [4.78, 5) is 10.4. The monoisotopic (exact) mass is 378 g/mol. The van der Waals surface area contributed by atoms with Gasteiger partial charge in [-0.25, -0.2) is 9.37 Å². The first kappa shape index (κ1) is 17.2. The molecule has 138 valence electrons. The number of anilines is 3. The fourth-order valence-electron chi connectivity index (χ4n) is 3.24. The highest BCUT2D eigenvalue weighted by atomic mass is 35.5. The van der Waals surface area contributed by atoms with Crippen LogP contribution in [0.4, 0.5) is 21.8 Å². The van der Waals surface area contributed by atoms with Crippen LogP contribution in [0.25, 0.3) is 0 Å². The molecule has 0 aromatic carbocycles. The Hall–Kier alpha value is -2.19. The lowest BCUT2D eigenvalue weighted by atomic mass is 10.3. The first-order valence-electron chi connectivity index (χ1n) is 8.68. The predicted molar refractivity (Wildman–Crippen MR) is 98.7 cm³/mol. The van der Waals surface area contributed by atoms with E-state index in [-0.39, 0.29) is 5.82 Å². The van der Waals surface area contributed by atoms with Crippen LogP contribution in [0.3, 0.4) is 0 Å². The van der Waals surface area contributed by atoms with Crippen LogP contribution in [-0.4, -0.2) is 67.7 Å². The third-order valence-corrected chi connectivity index (χ3v) is 4.87. The van der Waals surface area contributed by atoms with Crippen LogP contribution >= 0.6 is 11.6 Å². The van der Waals surface area contributed by atoms with Gasteiger partial charge in [0.1, 0.15) is 0 Å². The zero-order valence-electron chi connectivity index (χ0n) is 14.3. The Labute approximate surface area is 156 Å². The molecule has 0 bridgehead atoms. The molecule has 0 aliphatic carbocycles. The van der Waals surface area contributed by atoms with Gasteiger partial charge in [0.25, 0.3) is 0 Å². The minimum atomic E-state index is -0.388. The summed E-state index contributed by atoms with van der Waals surface area (Å²) < 4.78 is 19.4. The largest absolute Gasteiger partial charge is 0.378 e. The van der Waals surface area contributed by atoms with Gasteiger partial charge >= 0.3 is 0 Å². The lowest BCUT2D eigenvalue weighted by molar-refractivity contribution is 0.122. The lowest BCUT2D eigenvalue weighted by Crippen LogP contribution is -2.47. The van der Waals surface area contributed by atoms with Crippen molar-refractivity contribution in [3.05, 3.63) is 35.2 Å². The van der Waals surface area contributed by atoms with Crippen LogP contribution in [0.1, 0.15) is 0 Å². The quantitative estimate of drug-likeness (QED) is 0.807. The zero-order valence-corrected chi connectivity index (χ0v) is 15.1. The van der Waals surface area contributed by atoms with Crippen LogP contribution in [0, 0.1) is 5.82 Å². The van der Waals surface area contributed by atoms with E-state index in [4.69, 9.17) is 16.3 Å². The molecule has 0 saturated carbocycles. The van der Waals surface area contributed by atoms with E-state index in [9.17, 15) is 4.39 Å². The second kappa shape index (κ2) is 7.59. The molecule has 2 aromatic rings. The SMILES string of the molecule is Fc1cc(Cl)cnc1N1CCN(c2ccc(N3CCOCC3)nn2)CC1. The number of hydrogen-bond donors (Lipinski definition) is 0. The minimum Gasteiger partial charge on any atom is -0.378 e. The van der Waals surface area contributed by atoms with Gasteiger partial charge in [0.15, 0.2) is 23.3 Å². The molecule has 0 spiro atoms. The van der Waals surface area contributed by atoms with Crippen molar-refractivity contribution in [3.63, 3.8) is 0 Å². The van der Waals surface area contributed by atoms with Gasteiger partial charge in [0.2, 0.25) is 0 Å². The molecule has 2 saturated heterocycles. The van der Waals surface area contributed by atoms with E-state index in [0.717, 1.165) is 51.0 Å². The molecule has 7 nitrogen and oxygen atoms in total. The van der Waals surface area contributed by atoms with E-state index in [0.29, 0.717) is 23.9 Å². The van der Waals surface area contributed by atoms with E-state index < -0.39 is 0 Å². The topological polar surface area (TPSA) is 57.6 Å². The standard InChI is InChI=1S/C17H20ClFN6O/c18-13-11-14(19)17(20-12-13)25-5-3-23(4-6-25)15-1-2-16(22-21-15)24-7-9-26-10-8-24/h1-2,11-12H,3-10H2. The zero-order chi connectivity index (χ0) is 17.9. The van der Waals surface area contributed by atoms with Crippen molar-refractivity contribution in [2.75, 3.05) is 67.2 Å². The maximum atomic E-state index is 14.0. The fourth-order valence-corrected chi connectivity index (χ4v) is 3.38. The predicted octanol–water partition coefficient (Wildman–Crippen LogP) is 1.83. The first-order valence-corrected chi connectivity index (χ1v) is 9.06. The molecule has 0 atom stereocenters. The Balaban J connectivity index is 1.38. The summed E-state index contributed by atoms with van der Waals surface area (Å²) in [6, 6.07) is 5.29. The van der Waals surface area contributed by atoms with Crippen molar-refractivity contribution < 1.29 is 9.13 Å². The van der Waals surface area contributed by atoms with Crippen LogP contribution in [0.2, 0.25) is 5.02 Å². The number of hydrogen-bond acceptors (Lipinski definition) is 7. The van der Waals surface area contributed by atoms with Crippen LogP contribution in [-0.2, 0) is 4.74 Å². The minimum absolute atomic E-state index is 0.306. The molecule has 0 N–H and O–H groups in total. The highest BCUT2D eigenvalue weighted by Crippen LogP contribution is 2.23. The fraction of sp³-hybridized carbons (Fsp3) is 0.471. The van der Waals surface area contributed by atoms with Gasteiger partial charge in [-0.2, -0.15) is 0 Å². The number of morpholine rings is 1. The van der Waals surface area contributed by atoms with E-state index in [2.05, 4.69) is 25.0 Å². The number of pyridine rings is 1. The number of ether oxygens (including phenoxy) is 1. The normalized spacial score (nSPS) is 18.3. The summed E-state index contributed by atoms with van der Waals surface area (Å²) in [6.07, 6.45) is 1.47. The Morgan fingerprint density at radius 1 is 0.885 bits per heavy atom. The van der Waals surface area contributed by atoms with Crippen LogP contribution < -0.4 is 14.7 Å². The van der Waals surface area contributed by atoms with Gasteiger partial charge in [0.05, 0.1) is 18.2 Å². The van der Waals surface area contributed by atoms with Gasteiger partial charge < -0.3 is 19.4 Å². The third kappa shape index (κ3) is 3.66. The lowest BCUT2D eigenvalue weighted by Gasteiger charge is -2.36. The van der Waals surface area contributed by atoms with Gasteiger partial charge in [0, 0.05) is 45.5 Å². The van der Waals surface area contributed by atoms with Gasteiger partial charge in [-0.15, -0.1) is 10.2 Å². The molecular weight excluding hydrogens is 359 g/mol. The molecule has 2 aromatic heterocycles. The summed E-state index contributed by atoms with van der Waals surface area (Å²) in [7, 11) is 0. The summed E-state index contributed by atoms with van der Waals surface area (Å²) in [5, 5.41) is 9.03. The van der Waals surface area contributed by atoms with E-state index >= 15 is 0 Å². The van der Waals surface area contributed by atoms with Crippen molar-refractivity contribution in [2.45, 2.75) is 0 Å². The average molecular weight is 379 g/mol. The Morgan fingerprint density at radius 3 is 2.04 bits per heavy atom. The summed E-state index contributed by atoms with van der Waals surface area (Å²) >= 11 is 5.77. The molecule has 9 heteroatoms. The maximum absolute atomic E-state index is 14.0. The molecule has 4 heterocycles. The smallest absolute Gasteiger partial charge is 0.167 e. The highest BCUT2D eigenvalue weighted by Gasteiger charge is 2.22. The molecule has 4 rings (SSSR count). The van der Waals surface area contributed by atoms with E-state index in [1.54, 1.807) is 0 Å². The molecule has 0 unspecified atom stereocenters. The number of nitrogens with zero attached hydrogens (tertiary/aromatic N) is 6. The molecule has 26 heavy (non-hydrogen) atoms. The Kier molecular flexibility index (Phi) is 5.03. The first-order chi connectivity index (χ1) is 12.7. The third-order valence-electron chi connectivity index (χ3n) is 4.66. The molecule has 2 aliphatic rings. The number of aromatic nitrogens is 3. The maximum Gasteiger partial charge on any atom is 0.167 e. The summed E-state index contributed by atoms with van der Waals surface area (Å²) in [5.74, 6) is 1.68. The highest BCUT2D eigenvalue weighted by molar-refractivity contribution is 6.30. The second-order valence-corrected chi connectivity index (χ2v) is 6.72. The molecule has 2 aliphatic heterocycles. The van der Waals surface area contributed by atoms with Crippen molar-refractivity contribution >= 4 is 29.1 Å².